The van der Waals surface area contributed by atoms with Crippen LogP contribution in [-0.4, -0.2) is 49.5 Å². The Balaban J connectivity index is 2.61. The number of likely N-dealkylation sites (N-methyl/N-ethyl adjacent to an activating group) is 1. The van der Waals surface area contributed by atoms with Crippen molar-refractivity contribution in [3.05, 3.63) is 29.8 Å². The smallest absolute Gasteiger partial charge is 0.321 e. The van der Waals surface area contributed by atoms with E-state index in [0.29, 0.717) is 0 Å². The van der Waals surface area contributed by atoms with Crippen LogP contribution in [0, 0.1) is 11.6 Å². The van der Waals surface area contributed by atoms with E-state index in [2.05, 4.69) is 5.32 Å². The normalized spacial score (nSPS) is 12.1. The maximum Gasteiger partial charge on any atom is 0.321 e. The molecule has 0 saturated carbocycles. The van der Waals surface area contributed by atoms with Gasteiger partial charge in [-0.25, -0.2) is 13.6 Å². The number of halogens is 2. The number of rotatable bonds is 5. The predicted molar refractivity (Wildman–Crippen MR) is 65.9 cm³/mol. The van der Waals surface area contributed by atoms with Gasteiger partial charge in [-0.15, -0.1) is 0 Å². The largest absolute Gasteiger partial charge is 0.389 e. The summed E-state index contributed by atoms with van der Waals surface area (Å²) in [6.45, 7) is 0.0859. The molecule has 5 nitrogen and oxygen atoms in total. The van der Waals surface area contributed by atoms with Crippen LogP contribution in [0.15, 0.2) is 18.2 Å². The number of urea groups is 1. The molecule has 1 rings (SSSR count). The number of hydrogen-bond acceptors (Lipinski definition) is 3. The molecule has 7 heteroatoms. The Bertz CT molecular complexity index is 443. The third-order valence-corrected chi connectivity index (χ3v) is 2.36. The molecule has 0 spiro atoms. The fourth-order valence-electron chi connectivity index (χ4n) is 1.45. The Morgan fingerprint density at radius 1 is 1.53 bits per heavy atom. The molecular formula is C12H16F2N2O3. The third-order valence-electron chi connectivity index (χ3n) is 2.36. The van der Waals surface area contributed by atoms with Gasteiger partial charge in [-0.2, -0.15) is 0 Å². The molecule has 1 aromatic carbocycles. The van der Waals surface area contributed by atoms with Gasteiger partial charge in [0.15, 0.2) is 0 Å². The summed E-state index contributed by atoms with van der Waals surface area (Å²) in [4.78, 5) is 12.8. The molecule has 0 aliphatic rings. The first-order valence-electron chi connectivity index (χ1n) is 5.58. The average Bonchev–Trinajstić information content (AvgIpc) is 2.34. The fourth-order valence-corrected chi connectivity index (χ4v) is 1.45. The van der Waals surface area contributed by atoms with E-state index in [9.17, 15) is 18.7 Å². The van der Waals surface area contributed by atoms with Crippen molar-refractivity contribution in [2.45, 2.75) is 6.10 Å². The monoisotopic (exact) mass is 274 g/mol. The molecule has 1 aromatic rings. The van der Waals surface area contributed by atoms with Gasteiger partial charge in [-0.1, -0.05) is 0 Å². The van der Waals surface area contributed by atoms with Crippen LogP contribution >= 0.6 is 0 Å². The highest BCUT2D eigenvalue weighted by Gasteiger charge is 2.15. The maximum atomic E-state index is 13.3. The standard InChI is InChI=1S/C12H16F2N2O3/c1-16(6-9(17)7-19-2)12(18)15-11-5-8(13)3-4-10(11)14/h3-5,9,17H,6-7H2,1-2H3,(H,15,18). The van der Waals surface area contributed by atoms with Gasteiger partial charge in [-0.05, 0) is 12.1 Å². The number of benzene rings is 1. The van der Waals surface area contributed by atoms with Crippen LogP contribution in [0.4, 0.5) is 19.3 Å². The summed E-state index contributed by atoms with van der Waals surface area (Å²) in [6.07, 6.45) is -0.849. The lowest BCUT2D eigenvalue weighted by Crippen LogP contribution is -2.38. The SMILES string of the molecule is COCC(O)CN(C)C(=O)Nc1cc(F)ccc1F. The highest BCUT2D eigenvalue weighted by molar-refractivity contribution is 5.89. The first-order valence-corrected chi connectivity index (χ1v) is 5.58. The summed E-state index contributed by atoms with van der Waals surface area (Å²) in [5.41, 5.74) is -0.252. The number of methoxy groups -OCH3 is 1. The molecule has 0 aliphatic carbocycles. The molecule has 0 fully saturated rings. The van der Waals surface area contributed by atoms with Gasteiger partial charge in [0.2, 0.25) is 0 Å². The summed E-state index contributed by atoms with van der Waals surface area (Å²) in [5.74, 6) is -1.39. The van der Waals surface area contributed by atoms with Crippen molar-refractivity contribution < 1.29 is 23.4 Å². The van der Waals surface area contributed by atoms with Crippen molar-refractivity contribution >= 4 is 11.7 Å². The van der Waals surface area contributed by atoms with E-state index in [0.717, 1.165) is 23.1 Å². The second-order valence-electron chi connectivity index (χ2n) is 4.04. The van der Waals surface area contributed by atoms with Crippen molar-refractivity contribution in [3.63, 3.8) is 0 Å². The van der Waals surface area contributed by atoms with Gasteiger partial charge in [0.05, 0.1) is 24.9 Å². The van der Waals surface area contributed by atoms with Crippen molar-refractivity contribution in [2.24, 2.45) is 0 Å². The second kappa shape index (κ2) is 7.01. The van der Waals surface area contributed by atoms with Crippen molar-refractivity contribution in [1.82, 2.24) is 4.90 Å². The van der Waals surface area contributed by atoms with Crippen molar-refractivity contribution in [1.29, 1.82) is 0 Å². The van der Waals surface area contributed by atoms with E-state index in [4.69, 9.17) is 4.74 Å². The molecule has 1 unspecified atom stereocenters. The van der Waals surface area contributed by atoms with Crippen molar-refractivity contribution in [2.75, 3.05) is 32.6 Å². The molecule has 0 bridgehead atoms. The highest BCUT2D eigenvalue weighted by atomic mass is 19.1. The summed E-state index contributed by atoms with van der Waals surface area (Å²) in [5, 5.41) is 11.7. The summed E-state index contributed by atoms with van der Waals surface area (Å²) in [6, 6.07) is 2.11. The number of ether oxygens (including phenoxy) is 1. The number of anilines is 1. The molecule has 0 aliphatic heterocycles. The predicted octanol–water partition coefficient (Wildman–Crippen LogP) is 1.44. The highest BCUT2D eigenvalue weighted by Crippen LogP contribution is 2.15. The van der Waals surface area contributed by atoms with Crippen LogP contribution in [0.5, 0.6) is 0 Å². The minimum absolute atomic E-state index is 0.0105. The quantitative estimate of drug-likeness (QED) is 0.854. The zero-order valence-corrected chi connectivity index (χ0v) is 10.7. The molecule has 106 valence electrons. The Morgan fingerprint density at radius 3 is 2.84 bits per heavy atom. The Kier molecular flexibility index (Phi) is 5.65. The van der Waals surface area contributed by atoms with E-state index in [1.807, 2.05) is 0 Å². The van der Waals surface area contributed by atoms with E-state index < -0.39 is 23.8 Å². The zero-order valence-electron chi connectivity index (χ0n) is 10.7. The summed E-state index contributed by atoms with van der Waals surface area (Å²) in [7, 11) is 2.84. The number of nitrogens with one attached hydrogen (secondary N) is 1. The maximum absolute atomic E-state index is 13.3. The lowest BCUT2D eigenvalue weighted by Gasteiger charge is -2.21. The first-order chi connectivity index (χ1) is 8.93. The topological polar surface area (TPSA) is 61.8 Å². The van der Waals surface area contributed by atoms with Gasteiger partial charge in [0.25, 0.3) is 0 Å². The summed E-state index contributed by atoms with van der Waals surface area (Å²) < 4.78 is 30.9. The molecular weight excluding hydrogens is 258 g/mol. The van der Waals surface area contributed by atoms with Crippen LogP contribution in [0.2, 0.25) is 0 Å². The first kappa shape index (κ1) is 15.3. The molecule has 0 heterocycles. The van der Waals surface area contributed by atoms with E-state index in [-0.39, 0.29) is 18.8 Å². The lowest BCUT2D eigenvalue weighted by atomic mass is 10.3. The number of carbonyl (C=O) groups excluding carboxylic acids is 1. The van der Waals surface area contributed by atoms with Crippen LogP contribution in [0.1, 0.15) is 0 Å². The Morgan fingerprint density at radius 2 is 2.21 bits per heavy atom. The van der Waals surface area contributed by atoms with Crippen LogP contribution in [-0.2, 0) is 4.74 Å². The van der Waals surface area contributed by atoms with Crippen LogP contribution < -0.4 is 5.32 Å². The Hall–Kier alpha value is -1.73. The van der Waals surface area contributed by atoms with Gasteiger partial charge in [-0.3, -0.25) is 0 Å². The molecule has 2 amide bonds. The molecule has 0 aromatic heterocycles. The van der Waals surface area contributed by atoms with Crippen molar-refractivity contribution in [3.8, 4) is 0 Å². The summed E-state index contributed by atoms with van der Waals surface area (Å²) >= 11 is 0. The van der Waals surface area contributed by atoms with E-state index >= 15 is 0 Å². The number of hydrogen-bond donors (Lipinski definition) is 2. The molecule has 0 saturated heterocycles. The van der Waals surface area contributed by atoms with Gasteiger partial charge in [0, 0.05) is 20.2 Å². The molecule has 1 atom stereocenters. The average molecular weight is 274 g/mol. The van der Waals surface area contributed by atoms with Crippen LogP contribution in [0.3, 0.4) is 0 Å². The zero-order chi connectivity index (χ0) is 14.4. The Labute approximate surface area is 109 Å². The van der Waals surface area contributed by atoms with Crippen LogP contribution in [0.25, 0.3) is 0 Å². The number of aliphatic hydroxyl groups is 1. The second-order valence-corrected chi connectivity index (χ2v) is 4.04. The van der Waals surface area contributed by atoms with Gasteiger partial charge in [0.1, 0.15) is 11.6 Å². The van der Waals surface area contributed by atoms with E-state index in [1.54, 1.807) is 0 Å². The number of carbonyl (C=O) groups is 1. The lowest BCUT2D eigenvalue weighted by molar-refractivity contribution is 0.0501. The van der Waals surface area contributed by atoms with Gasteiger partial charge >= 0.3 is 6.03 Å². The molecule has 2 N–H and O–H groups in total. The number of nitrogens with zero attached hydrogens (tertiary/aromatic N) is 1. The molecule has 0 radical (unpaired) electrons. The minimum Gasteiger partial charge on any atom is -0.389 e. The number of amides is 2. The minimum atomic E-state index is -0.849. The van der Waals surface area contributed by atoms with Gasteiger partial charge < -0.3 is 20.1 Å². The molecule has 19 heavy (non-hydrogen) atoms. The third kappa shape index (κ3) is 4.80. The fraction of sp³-hybridized carbons (Fsp3) is 0.417. The van der Waals surface area contributed by atoms with E-state index in [1.165, 1.54) is 14.2 Å². The number of aliphatic hydroxyl groups excluding tert-OH is 1.